The summed E-state index contributed by atoms with van der Waals surface area (Å²) in [6.45, 7) is 4.88. The summed E-state index contributed by atoms with van der Waals surface area (Å²) >= 11 is 1.39. The molecule has 0 radical (unpaired) electrons. The molecule has 0 spiro atoms. The number of morpholine rings is 1. The number of hydrogen-bond acceptors (Lipinski definition) is 9. The van der Waals surface area contributed by atoms with Gasteiger partial charge in [-0.05, 0) is 55.7 Å². The second-order valence-corrected chi connectivity index (χ2v) is 13.0. The van der Waals surface area contributed by atoms with Crippen LogP contribution in [0.15, 0.2) is 41.3 Å². The number of piperidine rings is 1. The standard InChI is InChI=1S/C28H35FN4O6S2/c1-37-23-8-9-24(38-2)26-25(23)30-28(40-26)33(13-3-12-31-16-18-39-19-17-31)27(34)20-10-14-32(15-11-20)41(35,36)22-6-4-21(29)5-7-22/h4-9,20H,3,10-19H2,1-2H3. The fourth-order valence-electron chi connectivity index (χ4n) is 5.29. The Kier molecular flexibility index (Phi) is 9.39. The van der Waals surface area contributed by atoms with Crippen molar-refractivity contribution in [3.63, 3.8) is 0 Å². The van der Waals surface area contributed by atoms with Gasteiger partial charge in [0.15, 0.2) is 5.13 Å². The number of carbonyl (C=O) groups excluding carboxylic acids is 1. The summed E-state index contributed by atoms with van der Waals surface area (Å²) in [5, 5.41) is 0.566. The van der Waals surface area contributed by atoms with E-state index in [1.165, 1.54) is 27.8 Å². The molecule has 2 aromatic carbocycles. The fourth-order valence-corrected chi connectivity index (χ4v) is 7.86. The number of thiazole rings is 1. The maximum Gasteiger partial charge on any atom is 0.243 e. The smallest absolute Gasteiger partial charge is 0.243 e. The van der Waals surface area contributed by atoms with Crippen LogP contribution in [0.4, 0.5) is 9.52 Å². The highest BCUT2D eigenvalue weighted by Crippen LogP contribution is 2.41. The van der Waals surface area contributed by atoms with Gasteiger partial charge >= 0.3 is 0 Å². The van der Waals surface area contributed by atoms with Crippen LogP contribution in [-0.4, -0.2) is 95.2 Å². The Bertz CT molecular complexity index is 1410. The van der Waals surface area contributed by atoms with Crippen LogP contribution >= 0.6 is 11.3 Å². The monoisotopic (exact) mass is 606 g/mol. The normalized spacial score (nSPS) is 17.5. The number of anilines is 1. The predicted molar refractivity (Wildman–Crippen MR) is 155 cm³/mol. The Hall–Kier alpha value is -2.84. The van der Waals surface area contributed by atoms with Gasteiger partial charge in [0.1, 0.15) is 27.5 Å². The maximum atomic E-state index is 14.0. The third kappa shape index (κ3) is 6.49. The van der Waals surface area contributed by atoms with Gasteiger partial charge in [-0.2, -0.15) is 4.31 Å². The van der Waals surface area contributed by atoms with Crippen molar-refractivity contribution in [3.05, 3.63) is 42.2 Å². The van der Waals surface area contributed by atoms with Gasteiger partial charge in [-0.15, -0.1) is 0 Å². The molecule has 2 saturated heterocycles. The van der Waals surface area contributed by atoms with Crippen LogP contribution in [-0.2, 0) is 19.6 Å². The van der Waals surface area contributed by atoms with Crippen molar-refractivity contribution in [2.75, 3.05) is 71.6 Å². The van der Waals surface area contributed by atoms with Crippen molar-refractivity contribution >= 4 is 42.6 Å². The number of methoxy groups -OCH3 is 2. The maximum absolute atomic E-state index is 14.0. The Balaban J connectivity index is 1.35. The summed E-state index contributed by atoms with van der Waals surface area (Å²) < 4.78 is 58.3. The molecule has 10 nitrogen and oxygen atoms in total. The molecule has 2 aliphatic heterocycles. The first-order valence-electron chi connectivity index (χ1n) is 13.7. The average molecular weight is 607 g/mol. The number of halogens is 1. The second-order valence-electron chi connectivity index (χ2n) is 10.1. The first-order chi connectivity index (χ1) is 19.8. The molecule has 1 aromatic heterocycles. The summed E-state index contributed by atoms with van der Waals surface area (Å²) in [7, 11) is -0.592. The lowest BCUT2D eigenvalue weighted by molar-refractivity contribution is -0.123. The molecule has 222 valence electrons. The summed E-state index contributed by atoms with van der Waals surface area (Å²) in [6, 6.07) is 8.44. The Labute approximate surface area is 243 Å². The minimum Gasteiger partial charge on any atom is -0.495 e. The van der Waals surface area contributed by atoms with E-state index in [-0.39, 0.29) is 29.8 Å². The van der Waals surface area contributed by atoms with E-state index >= 15 is 0 Å². The lowest BCUT2D eigenvalue weighted by atomic mass is 9.96. The number of hydrogen-bond donors (Lipinski definition) is 0. The van der Waals surface area contributed by atoms with E-state index in [1.807, 2.05) is 6.07 Å². The number of rotatable bonds is 10. The number of sulfonamides is 1. The summed E-state index contributed by atoms with van der Waals surface area (Å²) in [5.41, 5.74) is 0.637. The molecule has 0 bridgehead atoms. The first-order valence-corrected chi connectivity index (χ1v) is 16.0. The molecule has 0 atom stereocenters. The highest BCUT2D eigenvalue weighted by molar-refractivity contribution is 7.89. The topological polar surface area (TPSA) is 102 Å². The van der Waals surface area contributed by atoms with Crippen molar-refractivity contribution < 1.29 is 31.8 Å². The van der Waals surface area contributed by atoms with E-state index < -0.39 is 15.8 Å². The van der Waals surface area contributed by atoms with Crippen molar-refractivity contribution in [2.45, 2.75) is 24.2 Å². The highest BCUT2D eigenvalue weighted by atomic mass is 32.2. The van der Waals surface area contributed by atoms with Crippen LogP contribution in [0.2, 0.25) is 0 Å². The van der Waals surface area contributed by atoms with Gasteiger partial charge in [0.05, 0.1) is 32.3 Å². The van der Waals surface area contributed by atoms with E-state index in [2.05, 4.69) is 4.90 Å². The van der Waals surface area contributed by atoms with E-state index in [0.29, 0.717) is 54.7 Å². The SMILES string of the molecule is COc1ccc(OC)c2sc(N(CCCN3CCOCC3)C(=O)C3CCN(S(=O)(=O)c4ccc(F)cc4)CC3)nc12. The molecule has 0 N–H and O–H groups in total. The van der Waals surface area contributed by atoms with Gasteiger partial charge in [-0.3, -0.25) is 14.6 Å². The molecule has 2 aliphatic rings. The molecule has 2 fully saturated rings. The lowest BCUT2D eigenvalue weighted by Crippen LogP contribution is -2.45. The van der Waals surface area contributed by atoms with Gasteiger partial charge in [-0.25, -0.2) is 17.8 Å². The zero-order chi connectivity index (χ0) is 29.0. The van der Waals surface area contributed by atoms with Gasteiger partial charge in [0.2, 0.25) is 15.9 Å². The number of ether oxygens (including phenoxy) is 3. The van der Waals surface area contributed by atoms with Crippen LogP contribution < -0.4 is 14.4 Å². The molecule has 5 rings (SSSR count). The van der Waals surface area contributed by atoms with Crippen LogP contribution in [0, 0.1) is 11.7 Å². The zero-order valence-corrected chi connectivity index (χ0v) is 24.9. The van der Waals surface area contributed by atoms with Crippen molar-refractivity contribution in [1.82, 2.24) is 14.2 Å². The minimum absolute atomic E-state index is 0.0470. The molecule has 0 aliphatic carbocycles. The predicted octanol–water partition coefficient (Wildman–Crippen LogP) is 3.61. The van der Waals surface area contributed by atoms with Crippen molar-refractivity contribution in [1.29, 1.82) is 0 Å². The zero-order valence-electron chi connectivity index (χ0n) is 23.3. The molecule has 1 amide bonds. The third-order valence-electron chi connectivity index (χ3n) is 7.61. The van der Waals surface area contributed by atoms with Gasteiger partial charge in [0.25, 0.3) is 0 Å². The molecule has 3 heterocycles. The summed E-state index contributed by atoms with van der Waals surface area (Å²) in [6.07, 6.45) is 1.53. The number of aromatic nitrogens is 1. The van der Waals surface area contributed by atoms with Gasteiger partial charge in [-0.1, -0.05) is 11.3 Å². The number of fused-ring (bicyclic) bond motifs is 1. The highest BCUT2D eigenvalue weighted by Gasteiger charge is 2.35. The average Bonchev–Trinajstić information content (AvgIpc) is 3.44. The fraction of sp³-hybridized carbons (Fsp3) is 0.500. The Morgan fingerprint density at radius 1 is 1.05 bits per heavy atom. The van der Waals surface area contributed by atoms with Crippen LogP contribution in [0.5, 0.6) is 11.5 Å². The van der Waals surface area contributed by atoms with E-state index in [1.54, 1.807) is 25.2 Å². The quantitative estimate of drug-likeness (QED) is 0.345. The van der Waals surface area contributed by atoms with Gasteiger partial charge < -0.3 is 14.2 Å². The van der Waals surface area contributed by atoms with E-state index in [4.69, 9.17) is 19.2 Å². The molecular formula is C28H35FN4O6S2. The number of benzene rings is 2. The summed E-state index contributed by atoms with van der Waals surface area (Å²) in [5.74, 6) is 0.344. The van der Waals surface area contributed by atoms with E-state index in [0.717, 1.165) is 42.9 Å². The summed E-state index contributed by atoms with van der Waals surface area (Å²) in [4.78, 5) is 23.0. The second kappa shape index (κ2) is 13.0. The van der Waals surface area contributed by atoms with Crippen LogP contribution in [0.25, 0.3) is 10.2 Å². The molecule has 3 aromatic rings. The largest absolute Gasteiger partial charge is 0.495 e. The minimum atomic E-state index is -3.77. The lowest BCUT2D eigenvalue weighted by Gasteiger charge is -2.33. The molecule has 0 unspecified atom stereocenters. The Morgan fingerprint density at radius 3 is 2.37 bits per heavy atom. The molecule has 13 heteroatoms. The van der Waals surface area contributed by atoms with Crippen LogP contribution in [0.1, 0.15) is 19.3 Å². The third-order valence-corrected chi connectivity index (χ3v) is 10.6. The number of amides is 1. The molecular weight excluding hydrogens is 571 g/mol. The van der Waals surface area contributed by atoms with Crippen LogP contribution in [0.3, 0.4) is 0 Å². The first kappa shape index (κ1) is 29.6. The van der Waals surface area contributed by atoms with E-state index in [9.17, 15) is 17.6 Å². The van der Waals surface area contributed by atoms with Gasteiger partial charge in [0, 0.05) is 45.2 Å². The van der Waals surface area contributed by atoms with Crippen molar-refractivity contribution in [3.8, 4) is 11.5 Å². The number of carbonyl (C=O) groups is 1. The molecule has 0 saturated carbocycles. The Morgan fingerprint density at radius 2 is 1.71 bits per heavy atom. The molecule has 41 heavy (non-hydrogen) atoms. The van der Waals surface area contributed by atoms with Crippen molar-refractivity contribution in [2.24, 2.45) is 5.92 Å². The number of nitrogens with zero attached hydrogens (tertiary/aromatic N) is 4.